The van der Waals surface area contributed by atoms with Gasteiger partial charge in [-0.15, -0.1) is 0 Å². The van der Waals surface area contributed by atoms with E-state index in [1.807, 2.05) is 4.90 Å². The maximum Gasteiger partial charge on any atom is 0.270 e. The fraction of sp³-hybridized carbons (Fsp3) is 0.833. The van der Waals surface area contributed by atoms with Crippen LogP contribution < -0.4 is 0 Å². The molecule has 0 aliphatic carbocycles. The molecule has 0 aromatic carbocycles. The van der Waals surface area contributed by atoms with Gasteiger partial charge in [0.1, 0.15) is 5.71 Å². The first-order valence-electron chi connectivity index (χ1n) is 9.49. The van der Waals surface area contributed by atoms with Crippen molar-refractivity contribution < 1.29 is 9.59 Å². The number of hydrogen-bond donors (Lipinski definition) is 0. The molecule has 0 radical (unpaired) electrons. The first-order chi connectivity index (χ1) is 11.6. The van der Waals surface area contributed by atoms with Gasteiger partial charge in [0.05, 0.1) is 0 Å². The van der Waals surface area contributed by atoms with E-state index in [4.69, 9.17) is 0 Å². The highest BCUT2D eigenvalue weighted by atomic mass is 16.2. The number of amides is 2. The molecule has 0 saturated carbocycles. The first kappa shape index (κ1) is 17.4. The minimum Gasteiger partial charge on any atom is -0.337 e. The van der Waals surface area contributed by atoms with E-state index in [1.165, 1.54) is 50.2 Å². The number of likely N-dealkylation sites (tertiary alicyclic amines) is 2. The van der Waals surface area contributed by atoms with Gasteiger partial charge in [0.2, 0.25) is 5.91 Å². The minimum atomic E-state index is -0.00997. The van der Waals surface area contributed by atoms with Gasteiger partial charge in [-0.3, -0.25) is 9.59 Å². The monoisotopic (exact) mass is 334 g/mol. The largest absolute Gasteiger partial charge is 0.337 e. The Morgan fingerprint density at radius 3 is 2.54 bits per heavy atom. The molecular weight excluding hydrogens is 304 g/mol. The zero-order valence-corrected chi connectivity index (χ0v) is 14.9. The van der Waals surface area contributed by atoms with Crippen LogP contribution in [-0.2, 0) is 9.59 Å². The fourth-order valence-corrected chi connectivity index (χ4v) is 4.09. The average Bonchev–Trinajstić information content (AvgIpc) is 2.85. The fourth-order valence-electron chi connectivity index (χ4n) is 4.09. The Labute approximate surface area is 144 Å². The van der Waals surface area contributed by atoms with E-state index < -0.39 is 0 Å². The third kappa shape index (κ3) is 4.35. The molecule has 3 heterocycles. The molecule has 3 rings (SSSR count). The third-order valence-corrected chi connectivity index (χ3v) is 5.48. The van der Waals surface area contributed by atoms with Gasteiger partial charge >= 0.3 is 0 Å². The number of hydrogen-bond acceptors (Lipinski definition) is 4. The van der Waals surface area contributed by atoms with Crippen LogP contribution in [0.15, 0.2) is 5.10 Å². The van der Waals surface area contributed by atoms with Gasteiger partial charge in [0.25, 0.3) is 5.91 Å². The summed E-state index contributed by atoms with van der Waals surface area (Å²) in [5.41, 5.74) is 0.549. The number of hydrazone groups is 1. The molecule has 0 unspecified atom stereocenters. The molecule has 1 atom stereocenters. The lowest BCUT2D eigenvalue weighted by molar-refractivity contribution is -0.131. The maximum atomic E-state index is 12.7. The van der Waals surface area contributed by atoms with Gasteiger partial charge < -0.3 is 9.80 Å². The Kier molecular flexibility index (Phi) is 5.87. The lowest BCUT2D eigenvalue weighted by Gasteiger charge is -2.36. The second-order valence-corrected chi connectivity index (χ2v) is 7.44. The summed E-state index contributed by atoms with van der Waals surface area (Å²) in [7, 11) is 1.63. The highest BCUT2D eigenvalue weighted by Gasteiger charge is 2.30. The van der Waals surface area contributed by atoms with Crippen LogP contribution in [0.1, 0.15) is 51.4 Å². The topological polar surface area (TPSA) is 56.2 Å². The summed E-state index contributed by atoms with van der Waals surface area (Å²) in [5.74, 6) is 0.600. The highest BCUT2D eigenvalue weighted by Crippen LogP contribution is 2.21. The summed E-state index contributed by atoms with van der Waals surface area (Å²) in [6.45, 7) is 5.21. The van der Waals surface area contributed by atoms with Crippen LogP contribution in [-0.4, -0.2) is 72.1 Å². The van der Waals surface area contributed by atoms with Gasteiger partial charge in [0.15, 0.2) is 0 Å². The standard InChI is InChI=1S/C18H30N4O2/c1-20-17(23)9-8-16(19-20)18(24)22-12-6-7-15(14-22)13-21-10-4-2-3-5-11-21/h15H,2-14H2,1H3/t15-/m1/s1. The quantitative estimate of drug-likeness (QED) is 0.789. The lowest BCUT2D eigenvalue weighted by Crippen LogP contribution is -2.47. The van der Waals surface area contributed by atoms with Crippen molar-refractivity contribution >= 4 is 17.5 Å². The Hall–Kier alpha value is -1.43. The van der Waals surface area contributed by atoms with E-state index >= 15 is 0 Å². The van der Waals surface area contributed by atoms with Crippen molar-refractivity contribution in [1.29, 1.82) is 0 Å². The summed E-state index contributed by atoms with van der Waals surface area (Å²) in [4.78, 5) is 28.8. The molecule has 0 N–H and O–H groups in total. The van der Waals surface area contributed by atoms with Crippen LogP contribution in [0.3, 0.4) is 0 Å². The zero-order valence-electron chi connectivity index (χ0n) is 14.9. The van der Waals surface area contributed by atoms with Gasteiger partial charge in [-0.05, 0) is 44.7 Å². The van der Waals surface area contributed by atoms with E-state index in [1.54, 1.807) is 7.05 Å². The second kappa shape index (κ2) is 8.10. The molecule has 0 spiro atoms. The lowest BCUT2D eigenvalue weighted by atomic mass is 9.96. The molecule has 2 fully saturated rings. The number of carbonyl (C=O) groups is 2. The van der Waals surface area contributed by atoms with Gasteiger partial charge in [-0.1, -0.05) is 12.8 Å². The van der Waals surface area contributed by atoms with Crippen LogP contribution in [0.5, 0.6) is 0 Å². The normalized spacial score (nSPS) is 27.0. The molecule has 3 aliphatic heterocycles. The summed E-state index contributed by atoms with van der Waals surface area (Å²) in [5, 5.41) is 5.51. The Morgan fingerprint density at radius 1 is 1.08 bits per heavy atom. The van der Waals surface area contributed by atoms with E-state index in [-0.39, 0.29) is 11.8 Å². The molecule has 2 saturated heterocycles. The summed E-state index contributed by atoms with van der Waals surface area (Å²) < 4.78 is 0. The van der Waals surface area contributed by atoms with E-state index in [0.29, 0.717) is 24.5 Å². The third-order valence-electron chi connectivity index (χ3n) is 5.48. The van der Waals surface area contributed by atoms with Gasteiger partial charge in [-0.25, -0.2) is 5.01 Å². The smallest absolute Gasteiger partial charge is 0.270 e. The Balaban J connectivity index is 1.55. The van der Waals surface area contributed by atoms with Gasteiger partial charge in [-0.2, -0.15) is 5.10 Å². The molecule has 24 heavy (non-hydrogen) atoms. The maximum absolute atomic E-state index is 12.7. The highest BCUT2D eigenvalue weighted by molar-refractivity contribution is 6.39. The van der Waals surface area contributed by atoms with E-state index in [2.05, 4.69) is 10.0 Å². The molecule has 0 aromatic rings. The summed E-state index contributed by atoms with van der Waals surface area (Å²) in [6.07, 6.45) is 8.51. The van der Waals surface area contributed by atoms with Crippen LogP contribution in [0.2, 0.25) is 0 Å². The van der Waals surface area contributed by atoms with Crippen molar-refractivity contribution in [3.63, 3.8) is 0 Å². The van der Waals surface area contributed by atoms with E-state index in [9.17, 15) is 9.59 Å². The second-order valence-electron chi connectivity index (χ2n) is 7.44. The van der Waals surface area contributed by atoms with Gasteiger partial charge in [0, 0.05) is 39.5 Å². The number of rotatable bonds is 3. The van der Waals surface area contributed by atoms with Crippen molar-refractivity contribution in [2.75, 3.05) is 39.8 Å². The molecule has 134 valence electrons. The molecule has 6 nitrogen and oxygen atoms in total. The van der Waals surface area contributed by atoms with Crippen molar-refractivity contribution in [1.82, 2.24) is 14.8 Å². The molecular formula is C18H30N4O2. The number of piperidine rings is 1. The number of nitrogens with zero attached hydrogens (tertiary/aromatic N) is 4. The molecule has 2 amide bonds. The Bertz CT molecular complexity index is 497. The van der Waals surface area contributed by atoms with Crippen molar-refractivity contribution in [3.8, 4) is 0 Å². The minimum absolute atomic E-state index is 0.00997. The van der Waals surface area contributed by atoms with E-state index in [0.717, 1.165) is 26.1 Å². The van der Waals surface area contributed by atoms with Crippen LogP contribution >= 0.6 is 0 Å². The zero-order chi connectivity index (χ0) is 16.9. The van der Waals surface area contributed by atoms with Crippen LogP contribution in [0, 0.1) is 5.92 Å². The summed E-state index contributed by atoms with van der Waals surface area (Å²) in [6, 6.07) is 0. The SMILES string of the molecule is CN1N=C(C(=O)N2CCC[C@H](CN3CCCCCC3)C2)CCC1=O. The van der Waals surface area contributed by atoms with Crippen molar-refractivity contribution in [2.45, 2.75) is 51.4 Å². The van der Waals surface area contributed by atoms with Crippen LogP contribution in [0.25, 0.3) is 0 Å². The predicted octanol–water partition coefficient (Wildman–Crippen LogP) is 1.71. The van der Waals surface area contributed by atoms with Crippen molar-refractivity contribution in [3.05, 3.63) is 0 Å². The first-order valence-corrected chi connectivity index (χ1v) is 9.49. The molecule has 0 aromatic heterocycles. The van der Waals surface area contributed by atoms with Crippen molar-refractivity contribution in [2.24, 2.45) is 11.0 Å². The molecule has 0 bridgehead atoms. The Morgan fingerprint density at radius 2 is 1.83 bits per heavy atom. The average molecular weight is 334 g/mol. The van der Waals surface area contributed by atoms with Crippen LogP contribution in [0.4, 0.5) is 0 Å². The molecule has 6 heteroatoms. The molecule has 3 aliphatic rings. The predicted molar refractivity (Wildman–Crippen MR) is 93.7 cm³/mol. The number of carbonyl (C=O) groups excluding carboxylic acids is 2. The summed E-state index contributed by atoms with van der Waals surface area (Å²) >= 11 is 0.